The molecule has 0 radical (unpaired) electrons. The molecule has 1 atom stereocenters. The molecular formula is C11H12ClNO4. The first-order chi connectivity index (χ1) is 7.97. The zero-order valence-corrected chi connectivity index (χ0v) is 10.2. The summed E-state index contributed by atoms with van der Waals surface area (Å²) in [7, 11) is 0. The van der Waals surface area contributed by atoms with Crippen molar-refractivity contribution < 1.29 is 14.5 Å². The lowest BCUT2D eigenvalue weighted by molar-refractivity contribution is -0.385. The van der Waals surface area contributed by atoms with Gasteiger partial charge >= 0.3 is 5.97 Å². The standard InChI is InChI=1S/C11H12ClNO4/c1-3-17-11(14)7(2)9-5-4-8(12)6-10(9)13(15)16/h4-7H,3H2,1-2H3/t7-/m0/s1. The van der Waals surface area contributed by atoms with E-state index in [4.69, 9.17) is 16.3 Å². The number of ether oxygens (including phenoxy) is 1. The van der Waals surface area contributed by atoms with Crippen molar-refractivity contribution in [2.75, 3.05) is 6.61 Å². The number of hydrogen-bond acceptors (Lipinski definition) is 4. The Morgan fingerprint density at radius 1 is 1.59 bits per heavy atom. The summed E-state index contributed by atoms with van der Waals surface area (Å²) in [5.41, 5.74) is 0.135. The van der Waals surface area contributed by atoms with E-state index in [1.165, 1.54) is 18.2 Å². The molecule has 1 aromatic rings. The molecule has 0 aliphatic carbocycles. The SMILES string of the molecule is CCOC(=O)[C@@H](C)c1ccc(Cl)cc1[N+](=O)[O-]. The van der Waals surface area contributed by atoms with Crippen molar-refractivity contribution >= 4 is 23.3 Å². The second-order valence-electron chi connectivity index (χ2n) is 3.43. The molecule has 0 heterocycles. The van der Waals surface area contributed by atoms with Crippen molar-refractivity contribution in [1.29, 1.82) is 0 Å². The molecule has 1 rings (SSSR count). The van der Waals surface area contributed by atoms with Crippen LogP contribution in [0.1, 0.15) is 25.3 Å². The zero-order chi connectivity index (χ0) is 13.0. The molecule has 0 spiro atoms. The molecule has 0 saturated heterocycles. The fourth-order valence-corrected chi connectivity index (χ4v) is 1.60. The number of benzene rings is 1. The summed E-state index contributed by atoms with van der Waals surface area (Å²) in [5, 5.41) is 11.1. The average Bonchev–Trinajstić information content (AvgIpc) is 2.28. The Bertz CT molecular complexity index is 447. The highest BCUT2D eigenvalue weighted by atomic mass is 35.5. The fourth-order valence-electron chi connectivity index (χ4n) is 1.44. The summed E-state index contributed by atoms with van der Waals surface area (Å²) in [6.45, 7) is 3.49. The van der Waals surface area contributed by atoms with Gasteiger partial charge in [-0.15, -0.1) is 0 Å². The highest BCUT2D eigenvalue weighted by Crippen LogP contribution is 2.30. The van der Waals surface area contributed by atoms with Crippen LogP contribution in [0.25, 0.3) is 0 Å². The summed E-state index contributed by atoms with van der Waals surface area (Å²) in [6, 6.07) is 4.22. The number of nitro benzene ring substituents is 1. The third-order valence-corrected chi connectivity index (χ3v) is 2.53. The van der Waals surface area contributed by atoms with Gasteiger partial charge in [0.2, 0.25) is 0 Å². The van der Waals surface area contributed by atoms with Crippen LogP contribution in [0.4, 0.5) is 5.69 Å². The maximum absolute atomic E-state index is 11.5. The van der Waals surface area contributed by atoms with Gasteiger partial charge in [-0.1, -0.05) is 11.6 Å². The van der Waals surface area contributed by atoms with Crippen molar-refractivity contribution in [2.45, 2.75) is 19.8 Å². The van der Waals surface area contributed by atoms with Gasteiger partial charge in [0.25, 0.3) is 5.69 Å². The highest BCUT2D eigenvalue weighted by molar-refractivity contribution is 6.30. The minimum Gasteiger partial charge on any atom is -0.466 e. The van der Waals surface area contributed by atoms with Gasteiger partial charge in [0, 0.05) is 16.7 Å². The molecule has 0 aromatic heterocycles. The lowest BCUT2D eigenvalue weighted by Crippen LogP contribution is -2.14. The van der Waals surface area contributed by atoms with Gasteiger partial charge in [-0.25, -0.2) is 0 Å². The van der Waals surface area contributed by atoms with Crippen molar-refractivity contribution in [3.63, 3.8) is 0 Å². The lowest BCUT2D eigenvalue weighted by Gasteiger charge is -2.11. The zero-order valence-electron chi connectivity index (χ0n) is 9.47. The van der Waals surface area contributed by atoms with Crippen LogP contribution >= 0.6 is 11.6 Å². The number of esters is 1. The third kappa shape index (κ3) is 3.17. The Morgan fingerprint density at radius 2 is 2.24 bits per heavy atom. The minimum absolute atomic E-state index is 0.168. The monoisotopic (exact) mass is 257 g/mol. The van der Waals surface area contributed by atoms with Crippen LogP contribution in [0.5, 0.6) is 0 Å². The van der Waals surface area contributed by atoms with Crippen LogP contribution in [0.3, 0.4) is 0 Å². The van der Waals surface area contributed by atoms with Crippen LogP contribution in [-0.2, 0) is 9.53 Å². The normalized spacial score (nSPS) is 11.9. The van der Waals surface area contributed by atoms with E-state index < -0.39 is 16.8 Å². The number of nitrogens with zero attached hydrogens (tertiary/aromatic N) is 1. The van der Waals surface area contributed by atoms with Gasteiger partial charge in [-0.3, -0.25) is 14.9 Å². The van der Waals surface area contributed by atoms with Crippen molar-refractivity contribution in [1.82, 2.24) is 0 Å². The molecule has 92 valence electrons. The van der Waals surface area contributed by atoms with E-state index in [2.05, 4.69) is 0 Å². The molecule has 0 amide bonds. The summed E-state index contributed by atoms with van der Waals surface area (Å²) in [6.07, 6.45) is 0. The van der Waals surface area contributed by atoms with E-state index in [1.54, 1.807) is 13.8 Å². The number of carbonyl (C=O) groups excluding carboxylic acids is 1. The number of hydrogen-bond donors (Lipinski definition) is 0. The first-order valence-electron chi connectivity index (χ1n) is 5.07. The lowest BCUT2D eigenvalue weighted by atomic mass is 9.99. The fraction of sp³-hybridized carbons (Fsp3) is 0.364. The molecular weight excluding hydrogens is 246 g/mol. The van der Waals surface area contributed by atoms with E-state index >= 15 is 0 Å². The van der Waals surface area contributed by atoms with E-state index in [-0.39, 0.29) is 17.3 Å². The molecule has 5 nitrogen and oxygen atoms in total. The van der Waals surface area contributed by atoms with Crippen LogP contribution in [0.2, 0.25) is 5.02 Å². The molecule has 0 aliphatic rings. The van der Waals surface area contributed by atoms with E-state index in [0.29, 0.717) is 5.56 Å². The predicted octanol–water partition coefficient (Wildman–Crippen LogP) is 2.91. The number of carbonyl (C=O) groups is 1. The Morgan fingerprint density at radius 3 is 2.76 bits per heavy atom. The van der Waals surface area contributed by atoms with Crippen LogP contribution in [0.15, 0.2) is 18.2 Å². The maximum Gasteiger partial charge on any atom is 0.313 e. The van der Waals surface area contributed by atoms with Gasteiger partial charge < -0.3 is 4.74 Å². The Hall–Kier alpha value is -1.62. The predicted molar refractivity (Wildman–Crippen MR) is 63.2 cm³/mol. The summed E-state index contributed by atoms with van der Waals surface area (Å²) >= 11 is 5.69. The third-order valence-electron chi connectivity index (χ3n) is 2.30. The van der Waals surface area contributed by atoms with Gasteiger partial charge in [-0.05, 0) is 26.0 Å². The molecule has 17 heavy (non-hydrogen) atoms. The van der Waals surface area contributed by atoms with Crippen LogP contribution < -0.4 is 0 Å². The quantitative estimate of drug-likeness (QED) is 0.472. The molecule has 0 bridgehead atoms. The average molecular weight is 258 g/mol. The molecule has 0 N–H and O–H groups in total. The first kappa shape index (κ1) is 13.4. The van der Waals surface area contributed by atoms with Gasteiger partial charge in [0.05, 0.1) is 17.4 Å². The topological polar surface area (TPSA) is 69.4 Å². The summed E-state index contributed by atoms with van der Waals surface area (Å²) in [4.78, 5) is 21.8. The smallest absolute Gasteiger partial charge is 0.313 e. The van der Waals surface area contributed by atoms with Crippen molar-refractivity contribution in [2.24, 2.45) is 0 Å². The van der Waals surface area contributed by atoms with Crippen LogP contribution in [0, 0.1) is 10.1 Å². The minimum atomic E-state index is -0.687. The second kappa shape index (κ2) is 5.63. The molecule has 0 unspecified atom stereocenters. The van der Waals surface area contributed by atoms with Gasteiger partial charge in [0.15, 0.2) is 0 Å². The molecule has 1 aromatic carbocycles. The number of nitro groups is 1. The maximum atomic E-state index is 11.5. The van der Waals surface area contributed by atoms with E-state index in [9.17, 15) is 14.9 Å². The van der Waals surface area contributed by atoms with E-state index in [1.807, 2.05) is 0 Å². The molecule has 0 fully saturated rings. The van der Waals surface area contributed by atoms with E-state index in [0.717, 1.165) is 0 Å². The Kier molecular flexibility index (Phi) is 4.45. The van der Waals surface area contributed by atoms with Crippen LogP contribution in [-0.4, -0.2) is 17.5 Å². The number of halogens is 1. The molecule has 0 saturated carbocycles. The van der Waals surface area contributed by atoms with Gasteiger partial charge in [0.1, 0.15) is 0 Å². The first-order valence-corrected chi connectivity index (χ1v) is 5.45. The Labute approximate surface area is 103 Å². The Balaban J connectivity index is 3.12. The van der Waals surface area contributed by atoms with Gasteiger partial charge in [-0.2, -0.15) is 0 Å². The van der Waals surface area contributed by atoms with Crippen molar-refractivity contribution in [3.05, 3.63) is 38.9 Å². The molecule has 6 heteroatoms. The highest BCUT2D eigenvalue weighted by Gasteiger charge is 2.25. The summed E-state index contributed by atoms with van der Waals surface area (Å²) < 4.78 is 4.83. The second-order valence-corrected chi connectivity index (χ2v) is 3.87. The number of rotatable bonds is 4. The largest absolute Gasteiger partial charge is 0.466 e. The molecule has 0 aliphatic heterocycles. The van der Waals surface area contributed by atoms with Crippen molar-refractivity contribution in [3.8, 4) is 0 Å². The summed E-state index contributed by atoms with van der Waals surface area (Å²) in [5.74, 6) is -1.18.